The van der Waals surface area contributed by atoms with E-state index in [-0.39, 0.29) is 11.1 Å². The Kier molecular flexibility index (Phi) is 4.78. The first-order chi connectivity index (χ1) is 7.49. The number of hydrogen-bond donors (Lipinski definition) is 1. The Morgan fingerprint density at radius 3 is 1.41 bits per heavy atom. The Balaban J connectivity index is 0.000000325. The van der Waals surface area contributed by atoms with Gasteiger partial charge in [0, 0.05) is 16.0 Å². The van der Waals surface area contributed by atoms with E-state index in [0.717, 1.165) is 12.8 Å². The van der Waals surface area contributed by atoms with E-state index in [2.05, 4.69) is 32.6 Å². The van der Waals surface area contributed by atoms with Gasteiger partial charge in [0.2, 0.25) is 0 Å². The molecule has 0 aromatic rings. The van der Waals surface area contributed by atoms with Crippen molar-refractivity contribution >= 4 is 0 Å². The van der Waals surface area contributed by atoms with Gasteiger partial charge >= 0.3 is 10.2 Å². The summed E-state index contributed by atoms with van der Waals surface area (Å²) < 4.78 is 0. The van der Waals surface area contributed by atoms with Crippen LogP contribution in [0.5, 0.6) is 0 Å². The van der Waals surface area contributed by atoms with Crippen LogP contribution in [0.3, 0.4) is 0 Å². The Morgan fingerprint density at radius 1 is 1.06 bits per heavy atom. The highest BCUT2D eigenvalue weighted by atomic mass is 17.1. The molecule has 100 valence electrons. The summed E-state index contributed by atoms with van der Waals surface area (Å²) in [5.74, 6) is 0. The van der Waals surface area contributed by atoms with Gasteiger partial charge in [-0.05, 0) is 40.5 Å². The number of rotatable bonds is 2. The van der Waals surface area contributed by atoms with Crippen LogP contribution < -0.4 is 0 Å². The Morgan fingerprint density at radius 2 is 1.35 bits per heavy atom. The minimum atomic E-state index is -1.50. The topological polar surface area (TPSA) is 119 Å². The van der Waals surface area contributed by atoms with Crippen molar-refractivity contribution in [2.75, 3.05) is 0 Å². The third kappa shape index (κ3) is 4.91. The molecule has 17 heavy (non-hydrogen) atoms. The molecule has 1 N–H and O–H groups in total. The van der Waals surface area contributed by atoms with Crippen LogP contribution in [0.2, 0.25) is 0 Å². The molecule has 1 aliphatic heterocycles. The fourth-order valence-electron chi connectivity index (χ4n) is 1.70. The highest BCUT2D eigenvalue weighted by molar-refractivity contribution is 4.95. The van der Waals surface area contributed by atoms with Gasteiger partial charge in [-0.25, -0.2) is 0 Å². The van der Waals surface area contributed by atoms with Crippen molar-refractivity contribution in [3.05, 3.63) is 20.2 Å². The number of hydrogen-bond acceptors (Lipinski definition) is 7. The van der Waals surface area contributed by atoms with E-state index in [9.17, 15) is 5.21 Å². The zero-order valence-corrected chi connectivity index (χ0v) is 10.2. The lowest BCUT2D eigenvalue weighted by Gasteiger charge is -2.34. The van der Waals surface area contributed by atoms with Crippen molar-refractivity contribution in [3.63, 3.8) is 0 Å². The van der Waals surface area contributed by atoms with Crippen LogP contribution in [-0.2, 0) is 4.94 Å². The van der Waals surface area contributed by atoms with Gasteiger partial charge in [0.1, 0.15) is 0 Å². The second kappa shape index (κ2) is 5.23. The first-order valence-electron chi connectivity index (χ1n) is 4.95. The maximum Gasteiger partial charge on any atom is 0.356 e. The molecule has 9 heteroatoms. The zero-order chi connectivity index (χ0) is 13.9. The summed E-state index contributed by atoms with van der Waals surface area (Å²) in [4.78, 5) is 20.6. The van der Waals surface area contributed by atoms with Crippen molar-refractivity contribution in [2.24, 2.45) is 0 Å². The summed E-state index contributed by atoms with van der Waals surface area (Å²) in [6.45, 7) is 8.28. The van der Waals surface area contributed by atoms with E-state index >= 15 is 0 Å². The lowest BCUT2D eigenvalue weighted by Crippen LogP contribution is -2.45. The Bertz CT molecular complexity index is 276. The molecule has 9 nitrogen and oxygen atoms in total. The van der Waals surface area contributed by atoms with Crippen LogP contribution in [0, 0.1) is 20.2 Å². The molecular weight excluding hydrogens is 234 g/mol. The molecule has 0 bridgehead atoms. The molecule has 1 fully saturated rings. The Hall–Kier alpha value is -1.48. The fraction of sp³-hybridized carbons (Fsp3) is 1.00. The molecule has 0 aromatic heterocycles. The van der Waals surface area contributed by atoms with Gasteiger partial charge < -0.3 is 5.21 Å². The lowest BCUT2D eigenvalue weighted by atomic mass is 10.0. The predicted molar refractivity (Wildman–Crippen MR) is 56.1 cm³/mol. The molecule has 0 radical (unpaired) electrons. The van der Waals surface area contributed by atoms with Gasteiger partial charge in [-0.3, -0.25) is 0 Å². The molecule has 1 aliphatic rings. The standard InChI is InChI=1S/C8H17NO.N2O5/c1-7(2)5-6-8(3,4)9(7)10;3-1(4)7-2(5)6/h10H,5-6H2,1-4H3;. The third-order valence-corrected chi connectivity index (χ3v) is 2.63. The van der Waals surface area contributed by atoms with Gasteiger partial charge in [-0.2, -0.15) is 5.06 Å². The predicted octanol–water partition coefficient (Wildman–Crippen LogP) is 1.41. The fourth-order valence-corrected chi connectivity index (χ4v) is 1.70. The van der Waals surface area contributed by atoms with E-state index < -0.39 is 10.2 Å². The van der Waals surface area contributed by atoms with E-state index in [4.69, 9.17) is 20.2 Å². The number of hydroxylamine groups is 2. The largest absolute Gasteiger partial charge is 0.356 e. The first-order valence-corrected chi connectivity index (χ1v) is 4.95. The molecule has 1 heterocycles. The molecule has 0 aliphatic carbocycles. The third-order valence-electron chi connectivity index (χ3n) is 2.63. The van der Waals surface area contributed by atoms with Crippen molar-refractivity contribution in [3.8, 4) is 0 Å². The van der Waals surface area contributed by atoms with E-state index in [1.165, 1.54) is 5.06 Å². The first kappa shape index (κ1) is 15.5. The van der Waals surface area contributed by atoms with Crippen molar-refractivity contribution in [1.82, 2.24) is 5.06 Å². The SMILES string of the molecule is CC1(C)CCC(C)(C)N1O.O=[N+]([O-])O[N+](=O)[O-]. The van der Waals surface area contributed by atoms with E-state index in [1.54, 1.807) is 0 Å². The maximum absolute atomic E-state index is 9.62. The van der Waals surface area contributed by atoms with Crippen molar-refractivity contribution in [1.29, 1.82) is 0 Å². The highest BCUT2D eigenvalue weighted by Crippen LogP contribution is 2.38. The summed E-state index contributed by atoms with van der Waals surface area (Å²) in [7, 11) is 0. The smallest absolute Gasteiger partial charge is 0.313 e. The van der Waals surface area contributed by atoms with Gasteiger partial charge in [-0.15, -0.1) is 20.2 Å². The zero-order valence-electron chi connectivity index (χ0n) is 10.2. The van der Waals surface area contributed by atoms with Gasteiger partial charge in [-0.1, -0.05) is 0 Å². The minimum Gasteiger partial charge on any atom is -0.313 e. The molecule has 0 saturated carbocycles. The second-order valence-corrected chi connectivity index (χ2v) is 4.97. The quantitative estimate of drug-likeness (QED) is 0.582. The van der Waals surface area contributed by atoms with Gasteiger partial charge in [0.25, 0.3) is 0 Å². The normalized spacial score (nSPS) is 21.2. The summed E-state index contributed by atoms with van der Waals surface area (Å²) >= 11 is 0. The van der Waals surface area contributed by atoms with Crippen molar-refractivity contribution < 1.29 is 20.3 Å². The molecular formula is C8H17N3O6. The van der Waals surface area contributed by atoms with Gasteiger partial charge in [0.15, 0.2) is 0 Å². The molecule has 0 aromatic carbocycles. The second-order valence-electron chi connectivity index (χ2n) is 4.97. The molecule has 1 saturated heterocycles. The van der Waals surface area contributed by atoms with Crippen LogP contribution >= 0.6 is 0 Å². The van der Waals surface area contributed by atoms with Gasteiger partial charge in [0.05, 0.1) is 0 Å². The lowest BCUT2D eigenvalue weighted by molar-refractivity contribution is -1.03. The van der Waals surface area contributed by atoms with Crippen LogP contribution in [0.15, 0.2) is 0 Å². The summed E-state index contributed by atoms with van der Waals surface area (Å²) in [6.07, 6.45) is 2.16. The van der Waals surface area contributed by atoms with E-state index in [0.29, 0.717) is 0 Å². The van der Waals surface area contributed by atoms with E-state index in [1.807, 2.05) is 0 Å². The maximum atomic E-state index is 9.62. The molecule has 0 spiro atoms. The average Bonchev–Trinajstić information content (AvgIpc) is 2.28. The van der Waals surface area contributed by atoms with Crippen LogP contribution in [0.4, 0.5) is 0 Å². The van der Waals surface area contributed by atoms with Crippen LogP contribution in [0.1, 0.15) is 40.5 Å². The summed E-state index contributed by atoms with van der Waals surface area (Å²) in [5.41, 5.74) is -0.0486. The number of nitrogens with zero attached hydrogens (tertiary/aromatic N) is 3. The molecule has 0 unspecified atom stereocenters. The van der Waals surface area contributed by atoms with Crippen molar-refractivity contribution in [2.45, 2.75) is 51.6 Å². The average molecular weight is 251 g/mol. The molecule has 0 amide bonds. The molecule has 0 atom stereocenters. The minimum absolute atomic E-state index is 0.0243. The molecule has 1 rings (SSSR count). The summed E-state index contributed by atoms with van der Waals surface area (Å²) in [6, 6.07) is 0. The summed E-state index contributed by atoms with van der Waals surface area (Å²) in [5, 5.41) is 26.0. The van der Waals surface area contributed by atoms with Crippen LogP contribution in [0.25, 0.3) is 0 Å². The highest BCUT2D eigenvalue weighted by Gasteiger charge is 2.43. The van der Waals surface area contributed by atoms with Crippen LogP contribution in [-0.4, -0.2) is 31.5 Å². The Labute approximate surface area is 98.1 Å². The monoisotopic (exact) mass is 251 g/mol.